The van der Waals surface area contributed by atoms with Crippen LogP contribution in [0.4, 0.5) is 0 Å². The quantitative estimate of drug-likeness (QED) is 0.625. The highest BCUT2D eigenvalue weighted by Crippen LogP contribution is 2.23. The van der Waals surface area contributed by atoms with Gasteiger partial charge in [-0.05, 0) is 26.8 Å². The van der Waals surface area contributed by atoms with Gasteiger partial charge in [0.2, 0.25) is 5.78 Å². The number of carbonyl (C=O) groups is 2. The SMILES string of the molecule is Cc1noc(C(C)C)c1C(=O)OCC(=O)c1cc(C)n(C)c1C. The zero-order chi connectivity index (χ0) is 17.3. The molecule has 0 unspecified atom stereocenters. The Morgan fingerprint density at radius 2 is 1.96 bits per heavy atom. The van der Waals surface area contributed by atoms with Crippen molar-refractivity contribution in [2.24, 2.45) is 7.05 Å². The fourth-order valence-electron chi connectivity index (χ4n) is 2.45. The summed E-state index contributed by atoms with van der Waals surface area (Å²) in [6, 6.07) is 1.80. The number of Topliss-reactive ketones (excluding diaryl/α,β-unsaturated/α-hetero) is 1. The van der Waals surface area contributed by atoms with Crippen LogP contribution < -0.4 is 0 Å². The summed E-state index contributed by atoms with van der Waals surface area (Å²) in [6.07, 6.45) is 0. The van der Waals surface area contributed by atoms with Crippen LogP contribution in [0.1, 0.15) is 63.3 Å². The maximum absolute atomic E-state index is 12.3. The molecule has 0 saturated heterocycles. The van der Waals surface area contributed by atoms with E-state index in [0.717, 1.165) is 11.4 Å². The van der Waals surface area contributed by atoms with Crippen LogP contribution in [0.25, 0.3) is 0 Å². The van der Waals surface area contributed by atoms with E-state index in [1.165, 1.54) is 0 Å². The average Bonchev–Trinajstić information content (AvgIpc) is 3.00. The van der Waals surface area contributed by atoms with E-state index in [1.54, 1.807) is 13.0 Å². The summed E-state index contributed by atoms with van der Waals surface area (Å²) < 4.78 is 12.3. The Bertz CT molecular complexity index is 753. The molecule has 124 valence electrons. The minimum absolute atomic E-state index is 0.00784. The van der Waals surface area contributed by atoms with Crippen LogP contribution in [0, 0.1) is 20.8 Å². The molecule has 0 saturated carbocycles. The van der Waals surface area contributed by atoms with Gasteiger partial charge in [-0.25, -0.2) is 4.79 Å². The van der Waals surface area contributed by atoms with Crippen LogP contribution in [-0.2, 0) is 11.8 Å². The molecule has 0 N–H and O–H groups in total. The molecule has 6 nitrogen and oxygen atoms in total. The summed E-state index contributed by atoms with van der Waals surface area (Å²) in [7, 11) is 1.89. The summed E-state index contributed by atoms with van der Waals surface area (Å²) in [4.78, 5) is 24.5. The van der Waals surface area contributed by atoms with Crippen LogP contribution in [0.3, 0.4) is 0 Å². The maximum atomic E-state index is 12.3. The Morgan fingerprint density at radius 1 is 1.30 bits per heavy atom. The molecule has 2 aromatic rings. The summed E-state index contributed by atoms with van der Waals surface area (Å²) in [5, 5.41) is 3.81. The minimum Gasteiger partial charge on any atom is -0.454 e. The van der Waals surface area contributed by atoms with Gasteiger partial charge in [0, 0.05) is 29.9 Å². The third kappa shape index (κ3) is 3.21. The number of ketones is 1. The number of esters is 1. The van der Waals surface area contributed by atoms with E-state index in [-0.39, 0.29) is 18.3 Å². The normalized spacial score (nSPS) is 11.1. The molecule has 2 heterocycles. The zero-order valence-corrected chi connectivity index (χ0v) is 14.4. The van der Waals surface area contributed by atoms with Crippen LogP contribution in [0.2, 0.25) is 0 Å². The van der Waals surface area contributed by atoms with Gasteiger partial charge < -0.3 is 13.8 Å². The van der Waals surface area contributed by atoms with Gasteiger partial charge in [-0.1, -0.05) is 19.0 Å². The molecule has 2 rings (SSSR count). The Balaban J connectivity index is 2.12. The van der Waals surface area contributed by atoms with Crippen LogP contribution in [-0.4, -0.2) is 28.1 Å². The first kappa shape index (κ1) is 17.0. The summed E-state index contributed by atoms with van der Waals surface area (Å²) in [5.74, 6) is -0.314. The Hall–Kier alpha value is -2.37. The van der Waals surface area contributed by atoms with Crippen molar-refractivity contribution >= 4 is 11.8 Å². The second-order valence-corrected chi connectivity index (χ2v) is 6.01. The number of hydrogen-bond donors (Lipinski definition) is 0. The first-order chi connectivity index (χ1) is 10.7. The average molecular weight is 318 g/mol. The number of hydrogen-bond acceptors (Lipinski definition) is 5. The van der Waals surface area contributed by atoms with Gasteiger partial charge in [0.15, 0.2) is 12.4 Å². The topological polar surface area (TPSA) is 74.3 Å². The molecule has 0 aromatic carbocycles. The lowest BCUT2D eigenvalue weighted by atomic mass is 10.1. The minimum atomic E-state index is -0.578. The number of carbonyl (C=O) groups excluding carboxylic acids is 2. The predicted molar refractivity (Wildman–Crippen MR) is 84.8 cm³/mol. The van der Waals surface area contributed by atoms with Gasteiger partial charge in [0.25, 0.3) is 0 Å². The number of rotatable bonds is 5. The first-order valence-corrected chi connectivity index (χ1v) is 7.53. The van der Waals surface area contributed by atoms with Crippen molar-refractivity contribution in [1.82, 2.24) is 9.72 Å². The lowest BCUT2D eigenvalue weighted by Crippen LogP contribution is -2.16. The van der Waals surface area contributed by atoms with Crippen molar-refractivity contribution in [2.75, 3.05) is 6.61 Å². The number of ether oxygens (including phenoxy) is 1. The highest BCUT2D eigenvalue weighted by atomic mass is 16.5. The summed E-state index contributed by atoms with van der Waals surface area (Å²) in [6.45, 7) is 8.97. The van der Waals surface area contributed by atoms with Gasteiger partial charge in [0.1, 0.15) is 5.56 Å². The van der Waals surface area contributed by atoms with E-state index in [4.69, 9.17) is 9.26 Å². The molecule has 0 aliphatic heterocycles. The fourth-order valence-corrected chi connectivity index (χ4v) is 2.45. The monoisotopic (exact) mass is 318 g/mol. The van der Waals surface area contributed by atoms with Crippen LogP contribution in [0.5, 0.6) is 0 Å². The largest absolute Gasteiger partial charge is 0.454 e. The number of aryl methyl sites for hydroxylation is 2. The Morgan fingerprint density at radius 3 is 2.48 bits per heavy atom. The highest BCUT2D eigenvalue weighted by molar-refractivity contribution is 6.00. The predicted octanol–water partition coefficient (Wildman–Crippen LogP) is 3.10. The van der Waals surface area contributed by atoms with Crippen LogP contribution >= 0.6 is 0 Å². The molecule has 0 spiro atoms. The molecule has 23 heavy (non-hydrogen) atoms. The van der Waals surface area contributed by atoms with Crippen molar-refractivity contribution in [3.8, 4) is 0 Å². The maximum Gasteiger partial charge on any atom is 0.344 e. The molecule has 0 fully saturated rings. The van der Waals surface area contributed by atoms with Crippen molar-refractivity contribution in [3.05, 3.63) is 40.0 Å². The van der Waals surface area contributed by atoms with E-state index >= 15 is 0 Å². The number of aromatic nitrogens is 2. The molecular formula is C17H22N2O4. The lowest BCUT2D eigenvalue weighted by Gasteiger charge is -2.06. The first-order valence-electron chi connectivity index (χ1n) is 7.53. The van der Waals surface area contributed by atoms with Crippen molar-refractivity contribution in [2.45, 2.75) is 40.5 Å². The summed E-state index contributed by atoms with van der Waals surface area (Å²) >= 11 is 0. The van der Waals surface area contributed by atoms with Crippen molar-refractivity contribution in [1.29, 1.82) is 0 Å². The van der Waals surface area contributed by atoms with E-state index in [1.807, 2.05) is 39.3 Å². The molecule has 0 radical (unpaired) electrons. The van der Waals surface area contributed by atoms with Gasteiger partial charge in [0.05, 0.1) is 5.69 Å². The summed E-state index contributed by atoms with van der Waals surface area (Å²) in [5.41, 5.74) is 3.19. The van der Waals surface area contributed by atoms with Gasteiger partial charge >= 0.3 is 5.97 Å². The molecule has 0 aliphatic carbocycles. The third-order valence-corrected chi connectivity index (χ3v) is 4.03. The second-order valence-electron chi connectivity index (χ2n) is 6.01. The van der Waals surface area contributed by atoms with Crippen LogP contribution in [0.15, 0.2) is 10.6 Å². The van der Waals surface area contributed by atoms with E-state index in [2.05, 4.69) is 5.16 Å². The van der Waals surface area contributed by atoms with Crippen molar-refractivity contribution < 1.29 is 18.8 Å². The van der Waals surface area contributed by atoms with Gasteiger partial charge in [-0.15, -0.1) is 0 Å². The fraction of sp³-hybridized carbons (Fsp3) is 0.471. The molecule has 2 aromatic heterocycles. The van der Waals surface area contributed by atoms with E-state index < -0.39 is 5.97 Å². The smallest absolute Gasteiger partial charge is 0.344 e. The third-order valence-electron chi connectivity index (χ3n) is 4.03. The Labute approximate surface area is 135 Å². The number of nitrogens with zero attached hydrogens (tertiary/aromatic N) is 2. The zero-order valence-electron chi connectivity index (χ0n) is 14.4. The van der Waals surface area contributed by atoms with Gasteiger partial charge in [-0.2, -0.15) is 0 Å². The lowest BCUT2D eigenvalue weighted by molar-refractivity contribution is 0.0471. The highest BCUT2D eigenvalue weighted by Gasteiger charge is 2.25. The molecule has 0 bridgehead atoms. The van der Waals surface area contributed by atoms with Gasteiger partial charge in [-0.3, -0.25) is 4.79 Å². The Kier molecular flexibility index (Phi) is 4.73. The van der Waals surface area contributed by atoms with E-state index in [0.29, 0.717) is 22.6 Å². The molecule has 0 aliphatic rings. The second kappa shape index (κ2) is 6.40. The molecule has 0 atom stereocenters. The molecule has 6 heteroatoms. The molecule has 0 amide bonds. The standard InChI is InChI=1S/C17H22N2O4/c1-9(2)16-15(11(4)18-23-16)17(21)22-8-14(20)13-7-10(3)19(6)12(13)5/h7,9H,8H2,1-6H3. The van der Waals surface area contributed by atoms with E-state index in [9.17, 15) is 9.59 Å². The van der Waals surface area contributed by atoms with Crippen molar-refractivity contribution in [3.63, 3.8) is 0 Å². The molecular weight excluding hydrogens is 296 g/mol.